The third-order valence-electron chi connectivity index (χ3n) is 4.13. The summed E-state index contributed by atoms with van der Waals surface area (Å²) in [6.07, 6.45) is 8.25. The van der Waals surface area contributed by atoms with Gasteiger partial charge in [0.1, 0.15) is 0 Å². The molecule has 1 saturated carbocycles. The van der Waals surface area contributed by atoms with Crippen LogP contribution in [0.2, 0.25) is 0 Å². The van der Waals surface area contributed by atoms with E-state index in [9.17, 15) is 0 Å². The second-order valence-electron chi connectivity index (χ2n) is 5.25. The average Bonchev–Trinajstić information content (AvgIpc) is 2.25. The van der Waals surface area contributed by atoms with Gasteiger partial charge in [-0.25, -0.2) is 0 Å². The van der Waals surface area contributed by atoms with Crippen LogP contribution in [0.15, 0.2) is 0 Å². The van der Waals surface area contributed by atoms with Gasteiger partial charge in [0.2, 0.25) is 0 Å². The van der Waals surface area contributed by atoms with Crippen LogP contribution in [-0.2, 0) is 0 Å². The first-order chi connectivity index (χ1) is 7.90. The lowest BCUT2D eigenvalue weighted by molar-refractivity contribution is 0.0846. The Bertz CT molecular complexity index is 188. The molecule has 1 saturated heterocycles. The van der Waals surface area contributed by atoms with Gasteiger partial charge in [0.15, 0.2) is 0 Å². The van der Waals surface area contributed by atoms with Gasteiger partial charge in [0.05, 0.1) is 6.61 Å². The lowest BCUT2D eigenvalue weighted by atomic mass is 9.91. The Labute approximate surface area is 99.4 Å². The van der Waals surface area contributed by atoms with E-state index in [0.29, 0.717) is 6.61 Å². The second-order valence-corrected chi connectivity index (χ2v) is 5.25. The van der Waals surface area contributed by atoms with Crippen molar-refractivity contribution in [1.29, 1.82) is 0 Å². The summed E-state index contributed by atoms with van der Waals surface area (Å²) in [5, 5.41) is 9.09. The van der Waals surface area contributed by atoms with E-state index in [-0.39, 0.29) is 0 Å². The van der Waals surface area contributed by atoms with Crippen molar-refractivity contribution in [3.05, 3.63) is 0 Å². The zero-order chi connectivity index (χ0) is 11.2. The lowest BCUT2D eigenvalue weighted by Gasteiger charge is -2.38. The van der Waals surface area contributed by atoms with Crippen LogP contribution in [0, 0.1) is 0 Å². The minimum absolute atomic E-state index is 0.316. The molecule has 1 aliphatic carbocycles. The van der Waals surface area contributed by atoms with Crippen LogP contribution in [-0.4, -0.2) is 60.3 Å². The van der Waals surface area contributed by atoms with E-state index in [2.05, 4.69) is 9.80 Å². The van der Waals surface area contributed by atoms with Gasteiger partial charge in [-0.3, -0.25) is 4.90 Å². The third-order valence-corrected chi connectivity index (χ3v) is 4.13. The van der Waals surface area contributed by atoms with Crippen molar-refractivity contribution < 1.29 is 5.11 Å². The van der Waals surface area contributed by atoms with E-state index < -0.39 is 0 Å². The fourth-order valence-electron chi connectivity index (χ4n) is 2.81. The Kier molecular flexibility index (Phi) is 5.07. The predicted octanol–water partition coefficient (Wildman–Crippen LogP) is 1.32. The Morgan fingerprint density at radius 1 is 1.00 bits per heavy atom. The standard InChI is InChI=1S/C13H26N2O/c16-12-11-15(13-5-4-6-13)10-9-14-7-2-1-3-8-14/h13,16H,1-12H2. The van der Waals surface area contributed by atoms with Crippen LogP contribution < -0.4 is 0 Å². The molecule has 16 heavy (non-hydrogen) atoms. The number of aliphatic hydroxyl groups excluding tert-OH is 1. The molecule has 1 N–H and O–H groups in total. The molecule has 2 rings (SSSR count). The lowest BCUT2D eigenvalue weighted by Crippen LogP contribution is -2.46. The Morgan fingerprint density at radius 3 is 2.31 bits per heavy atom. The fraction of sp³-hybridized carbons (Fsp3) is 1.00. The molecule has 1 heterocycles. The summed E-state index contributed by atoms with van der Waals surface area (Å²) in [4.78, 5) is 5.09. The maximum Gasteiger partial charge on any atom is 0.0558 e. The summed E-state index contributed by atoms with van der Waals surface area (Å²) < 4.78 is 0. The van der Waals surface area contributed by atoms with Crippen molar-refractivity contribution in [1.82, 2.24) is 9.80 Å². The van der Waals surface area contributed by atoms with Crippen LogP contribution >= 0.6 is 0 Å². The summed E-state index contributed by atoms with van der Waals surface area (Å²) in [6, 6.07) is 0.775. The first kappa shape index (κ1) is 12.3. The largest absolute Gasteiger partial charge is 0.395 e. The van der Waals surface area contributed by atoms with Gasteiger partial charge in [-0.05, 0) is 38.8 Å². The molecule has 1 aliphatic heterocycles. The Balaban J connectivity index is 1.67. The molecule has 0 spiro atoms. The monoisotopic (exact) mass is 226 g/mol. The van der Waals surface area contributed by atoms with Crippen LogP contribution in [0.1, 0.15) is 38.5 Å². The normalized spacial score (nSPS) is 23.6. The maximum absolute atomic E-state index is 9.09. The molecule has 0 radical (unpaired) electrons. The summed E-state index contributed by atoms with van der Waals surface area (Å²) in [6.45, 7) is 6.13. The molecule has 2 aliphatic rings. The van der Waals surface area contributed by atoms with E-state index in [1.54, 1.807) is 0 Å². The molecular formula is C13H26N2O. The second kappa shape index (κ2) is 6.58. The molecule has 0 amide bonds. The van der Waals surface area contributed by atoms with Gasteiger partial charge >= 0.3 is 0 Å². The summed E-state index contributed by atoms with van der Waals surface area (Å²) >= 11 is 0. The molecule has 0 unspecified atom stereocenters. The number of hydrogen-bond donors (Lipinski definition) is 1. The van der Waals surface area contributed by atoms with Gasteiger partial charge < -0.3 is 10.0 Å². The van der Waals surface area contributed by atoms with Gasteiger partial charge in [0, 0.05) is 25.7 Å². The van der Waals surface area contributed by atoms with Gasteiger partial charge in [0.25, 0.3) is 0 Å². The number of likely N-dealkylation sites (tertiary alicyclic amines) is 1. The van der Waals surface area contributed by atoms with Gasteiger partial charge in [-0.1, -0.05) is 12.8 Å². The molecule has 3 nitrogen and oxygen atoms in total. The summed E-state index contributed by atoms with van der Waals surface area (Å²) in [5.41, 5.74) is 0. The minimum atomic E-state index is 0.316. The Hall–Kier alpha value is -0.120. The van der Waals surface area contributed by atoms with E-state index in [4.69, 9.17) is 5.11 Å². The predicted molar refractivity (Wildman–Crippen MR) is 66.6 cm³/mol. The highest BCUT2D eigenvalue weighted by Crippen LogP contribution is 2.24. The number of nitrogens with zero attached hydrogens (tertiary/aromatic N) is 2. The molecule has 3 heteroatoms. The third kappa shape index (κ3) is 3.44. The zero-order valence-corrected chi connectivity index (χ0v) is 10.4. The highest BCUT2D eigenvalue weighted by molar-refractivity contribution is 4.80. The van der Waals surface area contributed by atoms with E-state index in [1.807, 2.05) is 0 Å². The molecule has 0 aromatic heterocycles. The fourth-order valence-corrected chi connectivity index (χ4v) is 2.81. The molecule has 94 valence electrons. The van der Waals surface area contributed by atoms with E-state index in [1.165, 1.54) is 58.2 Å². The molecular weight excluding hydrogens is 200 g/mol. The topological polar surface area (TPSA) is 26.7 Å². The summed E-state index contributed by atoms with van der Waals surface area (Å²) in [5.74, 6) is 0. The van der Waals surface area contributed by atoms with Crippen molar-refractivity contribution >= 4 is 0 Å². The van der Waals surface area contributed by atoms with Crippen molar-refractivity contribution in [2.75, 3.05) is 39.3 Å². The van der Waals surface area contributed by atoms with Crippen LogP contribution in [0.4, 0.5) is 0 Å². The summed E-state index contributed by atoms with van der Waals surface area (Å²) in [7, 11) is 0. The number of rotatable bonds is 6. The molecule has 0 aromatic carbocycles. The smallest absolute Gasteiger partial charge is 0.0558 e. The maximum atomic E-state index is 9.09. The Morgan fingerprint density at radius 2 is 1.75 bits per heavy atom. The van der Waals surface area contributed by atoms with Crippen molar-refractivity contribution in [3.8, 4) is 0 Å². The quantitative estimate of drug-likeness (QED) is 0.740. The SMILES string of the molecule is OCCN(CCN1CCCCC1)C1CCC1. The molecule has 0 atom stereocenters. The minimum Gasteiger partial charge on any atom is -0.395 e. The first-order valence-electron chi connectivity index (χ1n) is 6.97. The average molecular weight is 226 g/mol. The van der Waals surface area contributed by atoms with Gasteiger partial charge in [-0.2, -0.15) is 0 Å². The number of piperidine rings is 1. The molecule has 2 fully saturated rings. The highest BCUT2D eigenvalue weighted by Gasteiger charge is 2.24. The number of hydrogen-bond acceptors (Lipinski definition) is 3. The van der Waals surface area contributed by atoms with Crippen molar-refractivity contribution in [3.63, 3.8) is 0 Å². The number of aliphatic hydroxyl groups is 1. The van der Waals surface area contributed by atoms with Crippen molar-refractivity contribution in [2.45, 2.75) is 44.6 Å². The van der Waals surface area contributed by atoms with Crippen LogP contribution in [0.3, 0.4) is 0 Å². The highest BCUT2D eigenvalue weighted by atomic mass is 16.3. The van der Waals surface area contributed by atoms with Crippen LogP contribution in [0.5, 0.6) is 0 Å². The van der Waals surface area contributed by atoms with Crippen molar-refractivity contribution in [2.24, 2.45) is 0 Å². The zero-order valence-electron chi connectivity index (χ0n) is 10.4. The first-order valence-corrected chi connectivity index (χ1v) is 6.97. The van der Waals surface area contributed by atoms with Crippen LogP contribution in [0.25, 0.3) is 0 Å². The van der Waals surface area contributed by atoms with E-state index >= 15 is 0 Å². The molecule has 0 bridgehead atoms. The molecule has 0 aromatic rings. The van der Waals surface area contributed by atoms with Gasteiger partial charge in [-0.15, -0.1) is 0 Å². The van der Waals surface area contributed by atoms with E-state index in [0.717, 1.165) is 19.1 Å².